The van der Waals surface area contributed by atoms with Gasteiger partial charge in [-0.2, -0.15) is 0 Å². The SMILES string of the molecule is CC(N)c1cccc(S(=O)(=O)NCCc2nncn2C)c1. The normalized spacial score (nSPS) is 13.3. The zero-order chi connectivity index (χ0) is 15.5. The average Bonchev–Trinajstić information content (AvgIpc) is 2.84. The Morgan fingerprint density at radius 2 is 2.19 bits per heavy atom. The van der Waals surface area contributed by atoms with Crippen molar-refractivity contribution in [3.63, 3.8) is 0 Å². The van der Waals surface area contributed by atoms with Gasteiger partial charge in [0.25, 0.3) is 0 Å². The Kier molecular flexibility index (Phi) is 4.71. The van der Waals surface area contributed by atoms with Crippen LogP contribution >= 0.6 is 0 Å². The van der Waals surface area contributed by atoms with Gasteiger partial charge in [0.15, 0.2) is 0 Å². The Balaban J connectivity index is 2.05. The zero-order valence-electron chi connectivity index (χ0n) is 12.0. The molecular weight excluding hydrogens is 290 g/mol. The number of hydrogen-bond acceptors (Lipinski definition) is 5. The Morgan fingerprint density at radius 1 is 1.43 bits per heavy atom. The number of rotatable bonds is 6. The minimum Gasteiger partial charge on any atom is -0.324 e. The lowest BCUT2D eigenvalue weighted by molar-refractivity contribution is 0.579. The summed E-state index contributed by atoms with van der Waals surface area (Å²) in [6.07, 6.45) is 2.05. The van der Waals surface area contributed by atoms with Crippen LogP contribution in [0.1, 0.15) is 24.4 Å². The summed E-state index contributed by atoms with van der Waals surface area (Å²) >= 11 is 0. The molecule has 0 aliphatic heterocycles. The fraction of sp³-hybridized carbons (Fsp3) is 0.385. The van der Waals surface area contributed by atoms with Crippen molar-refractivity contribution >= 4 is 10.0 Å². The van der Waals surface area contributed by atoms with E-state index < -0.39 is 10.0 Å². The van der Waals surface area contributed by atoms with Crippen molar-refractivity contribution in [3.8, 4) is 0 Å². The molecular formula is C13H19N5O2S. The van der Waals surface area contributed by atoms with E-state index in [0.717, 1.165) is 11.4 Å². The van der Waals surface area contributed by atoms with E-state index in [2.05, 4.69) is 14.9 Å². The van der Waals surface area contributed by atoms with Crippen molar-refractivity contribution < 1.29 is 8.42 Å². The molecule has 1 aromatic carbocycles. The molecule has 0 spiro atoms. The molecule has 0 saturated carbocycles. The summed E-state index contributed by atoms with van der Waals surface area (Å²) in [6.45, 7) is 2.07. The second-order valence-corrected chi connectivity index (χ2v) is 6.63. The summed E-state index contributed by atoms with van der Waals surface area (Å²) in [4.78, 5) is 0.218. The van der Waals surface area contributed by atoms with Crippen molar-refractivity contribution in [1.82, 2.24) is 19.5 Å². The van der Waals surface area contributed by atoms with Gasteiger partial charge in [0.2, 0.25) is 10.0 Å². The van der Waals surface area contributed by atoms with E-state index in [1.807, 2.05) is 20.0 Å². The summed E-state index contributed by atoms with van der Waals surface area (Å²) in [5, 5.41) is 7.65. The van der Waals surface area contributed by atoms with E-state index >= 15 is 0 Å². The summed E-state index contributed by atoms with van der Waals surface area (Å²) < 4.78 is 28.8. The van der Waals surface area contributed by atoms with Crippen LogP contribution in [-0.2, 0) is 23.5 Å². The maximum absolute atomic E-state index is 12.2. The molecule has 1 heterocycles. The predicted octanol–water partition coefficient (Wildman–Crippen LogP) is 0.356. The third-order valence-corrected chi connectivity index (χ3v) is 4.60. The predicted molar refractivity (Wildman–Crippen MR) is 78.9 cm³/mol. The van der Waals surface area contributed by atoms with Crippen LogP contribution in [0.15, 0.2) is 35.5 Å². The number of aromatic nitrogens is 3. The molecule has 0 amide bonds. The van der Waals surface area contributed by atoms with Gasteiger partial charge < -0.3 is 10.3 Å². The number of nitrogens with one attached hydrogen (secondary N) is 1. The smallest absolute Gasteiger partial charge is 0.240 e. The molecule has 3 N–H and O–H groups in total. The standard InChI is InChI=1S/C13H19N5O2S/c1-10(14)11-4-3-5-12(8-11)21(19,20)16-7-6-13-17-15-9-18(13)2/h3-5,8-10,16H,6-7,14H2,1-2H3. The number of benzene rings is 1. The maximum Gasteiger partial charge on any atom is 0.240 e. The quantitative estimate of drug-likeness (QED) is 0.802. The molecule has 2 rings (SSSR count). The van der Waals surface area contributed by atoms with E-state index in [9.17, 15) is 8.42 Å². The number of sulfonamides is 1. The molecule has 0 radical (unpaired) electrons. The second-order valence-electron chi connectivity index (χ2n) is 4.87. The zero-order valence-corrected chi connectivity index (χ0v) is 12.8. The highest BCUT2D eigenvalue weighted by molar-refractivity contribution is 7.89. The minimum atomic E-state index is -3.55. The van der Waals surface area contributed by atoms with Crippen molar-refractivity contribution in [2.24, 2.45) is 12.8 Å². The largest absolute Gasteiger partial charge is 0.324 e. The van der Waals surface area contributed by atoms with Gasteiger partial charge in [-0.25, -0.2) is 13.1 Å². The molecule has 0 saturated heterocycles. The highest BCUT2D eigenvalue weighted by Gasteiger charge is 2.15. The fourth-order valence-electron chi connectivity index (χ4n) is 1.88. The Bertz CT molecular complexity index is 709. The fourth-order valence-corrected chi connectivity index (χ4v) is 2.97. The molecule has 21 heavy (non-hydrogen) atoms. The van der Waals surface area contributed by atoms with Gasteiger partial charge in [0, 0.05) is 26.1 Å². The van der Waals surface area contributed by atoms with Crippen LogP contribution < -0.4 is 10.5 Å². The van der Waals surface area contributed by atoms with E-state index in [4.69, 9.17) is 5.73 Å². The minimum absolute atomic E-state index is 0.209. The molecule has 1 unspecified atom stereocenters. The number of aryl methyl sites for hydroxylation is 1. The third kappa shape index (κ3) is 3.87. The van der Waals surface area contributed by atoms with E-state index in [0.29, 0.717) is 6.42 Å². The van der Waals surface area contributed by atoms with Crippen molar-refractivity contribution in [2.75, 3.05) is 6.54 Å². The second kappa shape index (κ2) is 6.33. The van der Waals surface area contributed by atoms with Gasteiger partial charge in [-0.1, -0.05) is 12.1 Å². The lowest BCUT2D eigenvalue weighted by Crippen LogP contribution is -2.26. The van der Waals surface area contributed by atoms with Gasteiger partial charge in [-0.3, -0.25) is 0 Å². The van der Waals surface area contributed by atoms with Crippen molar-refractivity contribution in [2.45, 2.75) is 24.3 Å². The highest BCUT2D eigenvalue weighted by atomic mass is 32.2. The van der Waals surface area contributed by atoms with Gasteiger partial charge in [0.1, 0.15) is 12.2 Å². The lowest BCUT2D eigenvalue weighted by Gasteiger charge is -2.10. The molecule has 1 atom stereocenters. The molecule has 114 valence electrons. The van der Waals surface area contributed by atoms with Gasteiger partial charge in [-0.15, -0.1) is 10.2 Å². The molecule has 0 aliphatic rings. The Hall–Kier alpha value is -1.77. The van der Waals surface area contributed by atoms with Crippen LogP contribution in [0.3, 0.4) is 0 Å². The molecule has 2 aromatic rings. The lowest BCUT2D eigenvalue weighted by atomic mass is 10.1. The van der Waals surface area contributed by atoms with Gasteiger partial charge in [-0.05, 0) is 24.6 Å². The summed E-state index contributed by atoms with van der Waals surface area (Å²) in [7, 11) is -1.73. The molecule has 7 nitrogen and oxygen atoms in total. The Morgan fingerprint density at radius 3 is 2.81 bits per heavy atom. The first-order chi connectivity index (χ1) is 9.90. The van der Waals surface area contributed by atoms with Crippen LogP contribution in [0.5, 0.6) is 0 Å². The molecule has 0 aliphatic carbocycles. The topological polar surface area (TPSA) is 103 Å². The van der Waals surface area contributed by atoms with E-state index in [-0.39, 0.29) is 17.5 Å². The average molecular weight is 309 g/mol. The van der Waals surface area contributed by atoms with Crippen LogP contribution in [0.4, 0.5) is 0 Å². The summed E-state index contributed by atoms with van der Waals surface area (Å²) in [5.74, 6) is 0.724. The first-order valence-electron chi connectivity index (χ1n) is 6.58. The summed E-state index contributed by atoms with van der Waals surface area (Å²) in [6, 6.07) is 6.43. The Labute approximate surface area is 124 Å². The monoisotopic (exact) mass is 309 g/mol. The first kappa shape index (κ1) is 15.6. The summed E-state index contributed by atoms with van der Waals surface area (Å²) in [5.41, 5.74) is 6.56. The molecule has 8 heteroatoms. The number of hydrogen-bond donors (Lipinski definition) is 2. The van der Waals surface area contributed by atoms with E-state index in [1.54, 1.807) is 29.1 Å². The van der Waals surface area contributed by atoms with Crippen molar-refractivity contribution in [1.29, 1.82) is 0 Å². The van der Waals surface area contributed by atoms with Crippen LogP contribution in [-0.4, -0.2) is 29.7 Å². The van der Waals surface area contributed by atoms with Crippen LogP contribution in [0, 0.1) is 0 Å². The van der Waals surface area contributed by atoms with E-state index in [1.165, 1.54) is 0 Å². The number of nitrogens with two attached hydrogens (primary N) is 1. The van der Waals surface area contributed by atoms with Gasteiger partial charge in [0.05, 0.1) is 4.90 Å². The maximum atomic E-state index is 12.2. The van der Waals surface area contributed by atoms with Crippen molar-refractivity contribution in [3.05, 3.63) is 42.0 Å². The number of nitrogens with zero attached hydrogens (tertiary/aromatic N) is 3. The highest BCUT2D eigenvalue weighted by Crippen LogP contribution is 2.15. The van der Waals surface area contributed by atoms with Crippen LogP contribution in [0.25, 0.3) is 0 Å². The van der Waals surface area contributed by atoms with Crippen LogP contribution in [0.2, 0.25) is 0 Å². The molecule has 1 aromatic heterocycles. The molecule has 0 bridgehead atoms. The first-order valence-corrected chi connectivity index (χ1v) is 8.06. The third-order valence-electron chi connectivity index (χ3n) is 3.14. The van der Waals surface area contributed by atoms with Gasteiger partial charge >= 0.3 is 0 Å². The molecule has 0 fully saturated rings.